The molecule has 0 atom stereocenters. The summed E-state index contributed by atoms with van der Waals surface area (Å²) in [7, 11) is 0. The van der Waals surface area contributed by atoms with E-state index in [2.05, 4.69) is 0 Å². The molecule has 4 aliphatic carbocycles. The second-order valence-corrected chi connectivity index (χ2v) is 9.56. The van der Waals surface area contributed by atoms with Gasteiger partial charge in [-0.2, -0.15) is 0 Å². The van der Waals surface area contributed by atoms with Gasteiger partial charge in [0.15, 0.2) is 0 Å². The van der Waals surface area contributed by atoms with Crippen LogP contribution in [0.3, 0.4) is 0 Å². The SMILES string of the molecule is O=C(OC12CC3CC(CC(C3)C1)C2)c1cccc(-c2cc3ccccc3oc2=O)c1. The molecule has 4 nitrogen and oxygen atoms in total. The lowest BCUT2D eigenvalue weighted by Crippen LogP contribution is -2.52. The maximum Gasteiger partial charge on any atom is 0.344 e. The molecule has 4 fully saturated rings. The first-order valence-electron chi connectivity index (χ1n) is 10.9. The van der Waals surface area contributed by atoms with Crippen LogP contribution in [-0.2, 0) is 4.74 Å². The summed E-state index contributed by atoms with van der Waals surface area (Å²) in [6, 6.07) is 16.4. The summed E-state index contributed by atoms with van der Waals surface area (Å²) >= 11 is 0. The number of para-hydroxylation sites is 1. The van der Waals surface area contributed by atoms with Gasteiger partial charge in [-0.3, -0.25) is 0 Å². The molecule has 0 N–H and O–H groups in total. The molecule has 0 unspecified atom stereocenters. The predicted octanol–water partition coefficient (Wildman–Crippen LogP) is 5.59. The molecule has 0 amide bonds. The lowest BCUT2D eigenvalue weighted by Gasteiger charge is -2.55. The van der Waals surface area contributed by atoms with E-state index in [1.54, 1.807) is 24.3 Å². The summed E-state index contributed by atoms with van der Waals surface area (Å²) in [6.07, 6.45) is 6.97. The van der Waals surface area contributed by atoms with E-state index >= 15 is 0 Å². The summed E-state index contributed by atoms with van der Waals surface area (Å²) in [6.45, 7) is 0. The van der Waals surface area contributed by atoms with Crippen molar-refractivity contribution >= 4 is 16.9 Å². The van der Waals surface area contributed by atoms with Crippen molar-refractivity contribution in [1.82, 2.24) is 0 Å². The van der Waals surface area contributed by atoms with Gasteiger partial charge in [-0.1, -0.05) is 30.3 Å². The molecule has 0 saturated heterocycles. The quantitative estimate of drug-likeness (QED) is 0.425. The third-order valence-electron chi connectivity index (χ3n) is 7.34. The van der Waals surface area contributed by atoms with Crippen molar-refractivity contribution in [3.05, 3.63) is 70.6 Å². The average Bonchev–Trinajstić information content (AvgIpc) is 2.72. The lowest BCUT2D eigenvalue weighted by molar-refractivity contribution is -0.131. The Bertz CT molecular complexity index is 1170. The Labute approximate surface area is 174 Å². The Kier molecular flexibility index (Phi) is 3.92. The zero-order valence-corrected chi connectivity index (χ0v) is 16.8. The highest BCUT2D eigenvalue weighted by molar-refractivity contribution is 5.92. The Hall–Kier alpha value is -2.88. The molecule has 1 aromatic heterocycles. The lowest BCUT2D eigenvalue weighted by atomic mass is 9.54. The molecule has 30 heavy (non-hydrogen) atoms. The molecule has 152 valence electrons. The summed E-state index contributed by atoms with van der Waals surface area (Å²) in [5.74, 6) is 1.89. The van der Waals surface area contributed by atoms with Crippen molar-refractivity contribution in [2.24, 2.45) is 17.8 Å². The van der Waals surface area contributed by atoms with Gasteiger partial charge in [-0.25, -0.2) is 9.59 Å². The molecule has 1 heterocycles. The van der Waals surface area contributed by atoms with Crippen LogP contribution in [0.15, 0.2) is 63.8 Å². The first-order valence-corrected chi connectivity index (χ1v) is 10.9. The van der Waals surface area contributed by atoms with E-state index in [1.807, 2.05) is 30.3 Å². The molecule has 3 aromatic rings. The normalized spacial score (nSPS) is 29.3. The van der Waals surface area contributed by atoms with Crippen molar-refractivity contribution in [2.45, 2.75) is 44.1 Å². The van der Waals surface area contributed by atoms with E-state index < -0.39 is 5.63 Å². The summed E-state index contributed by atoms with van der Waals surface area (Å²) < 4.78 is 11.7. The molecule has 0 spiro atoms. The van der Waals surface area contributed by atoms with Gasteiger partial charge in [-0.05, 0) is 86.1 Å². The van der Waals surface area contributed by atoms with Crippen LogP contribution in [-0.4, -0.2) is 11.6 Å². The predicted molar refractivity (Wildman–Crippen MR) is 114 cm³/mol. The van der Waals surface area contributed by atoms with E-state index in [1.165, 1.54) is 19.3 Å². The number of rotatable bonds is 3. The fourth-order valence-electron chi connectivity index (χ4n) is 6.49. The maximum atomic E-state index is 13.1. The van der Waals surface area contributed by atoms with E-state index in [0.717, 1.165) is 42.4 Å². The number of hydrogen-bond acceptors (Lipinski definition) is 4. The van der Waals surface area contributed by atoms with E-state index in [9.17, 15) is 9.59 Å². The molecular formula is C26H24O4. The summed E-state index contributed by atoms with van der Waals surface area (Å²) in [4.78, 5) is 25.6. The van der Waals surface area contributed by atoms with Gasteiger partial charge in [0.1, 0.15) is 11.2 Å². The van der Waals surface area contributed by atoms with Gasteiger partial charge in [0.2, 0.25) is 0 Å². The third-order valence-corrected chi connectivity index (χ3v) is 7.34. The van der Waals surface area contributed by atoms with Crippen molar-refractivity contribution in [3.63, 3.8) is 0 Å². The van der Waals surface area contributed by atoms with Crippen molar-refractivity contribution in [3.8, 4) is 11.1 Å². The first kappa shape index (κ1) is 17.9. The Morgan fingerprint density at radius 1 is 0.900 bits per heavy atom. The molecule has 4 aliphatic rings. The second kappa shape index (κ2) is 6.56. The molecule has 4 heteroatoms. The number of benzene rings is 2. The van der Waals surface area contributed by atoms with Gasteiger partial charge in [0.05, 0.1) is 11.1 Å². The fourth-order valence-corrected chi connectivity index (χ4v) is 6.49. The molecule has 4 saturated carbocycles. The highest BCUT2D eigenvalue weighted by Gasteiger charge is 2.53. The monoisotopic (exact) mass is 400 g/mol. The highest BCUT2D eigenvalue weighted by atomic mass is 16.6. The fraction of sp³-hybridized carbons (Fsp3) is 0.385. The largest absolute Gasteiger partial charge is 0.455 e. The summed E-state index contributed by atoms with van der Waals surface area (Å²) in [5.41, 5.74) is 1.51. The zero-order chi connectivity index (χ0) is 20.3. The van der Waals surface area contributed by atoms with Crippen LogP contribution in [0.4, 0.5) is 0 Å². The number of hydrogen-bond donors (Lipinski definition) is 0. The van der Waals surface area contributed by atoms with Crippen LogP contribution in [0.2, 0.25) is 0 Å². The first-order chi connectivity index (χ1) is 14.6. The molecule has 2 aromatic carbocycles. The molecule has 0 radical (unpaired) electrons. The number of esters is 1. The van der Waals surface area contributed by atoms with Crippen LogP contribution in [0.1, 0.15) is 48.9 Å². The standard InChI is InChI=1S/C26H24O4/c27-24(30-26-13-16-8-17(14-26)10-18(9-16)15-26)21-6-3-5-19(11-21)22-12-20-4-1-2-7-23(20)29-25(22)28/h1-7,11-12,16-18H,8-10,13-15H2. The van der Waals surface area contributed by atoms with Crippen molar-refractivity contribution < 1.29 is 13.9 Å². The van der Waals surface area contributed by atoms with E-state index in [4.69, 9.17) is 9.15 Å². The Morgan fingerprint density at radius 2 is 1.60 bits per heavy atom. The van der Waals surface area contributed by atoms with Gasteiger partial charge in [0, 0.05) is 5.39 Å². The maximum absolute atomic E-state index is 13.1. The van der Waals surface area contributed by atoms with Crippen LogP contribution < -0.4 is 5.63 Å². The molecule has 0 aliphatic heterocycles. The topological polar surface area (TPSA) is 56.5 Å². The highest BCUT2D eigenvalue weighted by Crippen LogP contribution is 2.57. The Morgan fingerprint density at radius 3 is 2.33 bits per heavy atom. The third kappa shape index (κ3) is 2.97. The van der Waals surface area contributed by atoms with Crippen molar-refractivity contribution in [2.75, 3.05) is 0 Å². The number of ether oxygens (including phenoxy) is 1. The van der Waals surface area contributed by atoms with Crippen molar-refractivity contribution in [1.29, 1.82) is 0 Å². The minimum atomic E-state index is -0.402. The minimum absolute atomic E-state index is 0.274. The van der Waals surface area contributed by atoms with Crippen LogP contribution >= 0.6 is 0 Å². The van der Waals surface area contributed by atoms with Crippen LogP contribution in [0.25, 0.3) is 22.1 Å². The molecular weight excluding hydrogens is 376 g/mol. The molecule has 7 rings (SSSR count). The van der Waals surface area contributed by atoms with E-state index in [-0.39, 0.29) is 11.6 Å². The van der Waals surface area contributed by atoms with Crippen LogP contribution in [0.5, 0.6) is 0 Å². The van der Waals surface area contributed by atoms with Crippen LogP contribution in [0, 0.1) is 17.8 Å². The van der Waals surface area contributed by atoms with E-state index in [0.29, 0.717) is 22.3 Å². The number of fused-ring (bicyclic) bond motifs is 1. The van der Waals surface area contributed by atoms with Gasteiger partial charge >= 0.3 is 11.6 Å². The Balaban J connectivity index is 1.31. The van der Waals surface area contributed by atoms with Gasteiger partial charge in [0.25, 0.3) is 0 Å². The number of carbonyl (C=O) groups excluding carboxylic acids is 1. The smallest absolute Gasteiger partial charge is 0.344 e. The molecule has 4 bridgehead atoms. The zero-order valence-electron chi connectivity index (χ0n) is 16.8. The minimum Gasteiger partial charge on any atom is -0.455 e. The van der Waals surface area contributed by atoms with Gasteiger partial charge < -0.3 is 9.15 Å². The van der Waals surface area contributed by atoms with Gasteiger partial charge in [-0.15, -0.1) is 0 Å². The summed E-state index contributed by atoms with van der Waals surface area (Å²) in [5, 5.41) is 0.855. The second-order valence-electron chi connectivity index (χ2n) is 9.56. The number of carbonyl (C=O) groups is 1. The average molecular weight is 400 g/mol.